The molecule has 1 aliphatic heterocycles. The number of carboxylic acid groups (broad SMARTS) is 1. The van der Waals surface area contributed by atoms with Crippen LogP contribution in [-0.4, -0.2) is 47.1 Å². The summed E-state index contributed by atoms with van der Waals surface area (Å²) in [6, 6.07) is 10.9. The van der Waals surface area contributed by atoms with Crippen LogP contribution < -0.4 is 14.8 Å². The number of halogens is 1. The Hall–Kier alpha value is -2.97. The van der Waals surface area contributed by atoms with Gasteiger partial charge in [0.25, 0.3) is 0 Å². The fourth-order valence-corrected chi connectivity index (χ4v) is 4.19. The second-order valence-electron chi connectivity index (χ2n) is 6.79. The molecule has 160 valence electrons. The van der Waals surface area contributed by atoms with Gasteiger partial charge in [0.2, 0.25) is 0 Å². The molecule has 0 fully saturated rings. The van der Waals surface area contributed by atoms with E-state index in [1.165, 1.54) is 18.1 Å². The highest BCUT2D eigenvalue weighted by Crippen LogP contribution is 2.38. The lowest BCUT2D eigenvalue weighted by Gasteiger charge is -2.20. The number of aromatic nitrogens is 2. The van der Waals surface area contributed by atoms with Crippen molar-refractivity contribution in [2.24, 2.45) is 0 Å². The smallest absolute Gasteiger partial charge is 0.336 e. The zero-order valence-electron chi connectivity index (χ0n) is 16.7. The van der Waals surface area contributed by atoms with Crippen LogP contribution in [0, 0.1) is 0 Å². The van der Waals surface area contributed by atoms with Crippen molar-refractivity contribution >= 4 is 35.1 Å². The minimum absolute atomic E-state index is 0.279. The van der Waals surface area contributed by atoms with Crippen LogP contribution in [0.25, 0.3) is 11.3 Å². The first kappa shape index (κ1) is 21.3. The van der Waals surface area contributed by atoms with Crippen LogP contribution in [0.5, 0.6) is 11.5 Å². The molecule has 2 aromatic carbocycles. The van der Waals surface area contributed by atoms with Gasteiger partial charge in [0.1, 0.15) is 25.4 Å². The lowest BCUT2D eigenvalue weighted by atomic mass is 10.1. The highest BCUT2D eigenvalue weighted by molar-refractivity contribution is 7.98. The van der Waals surface area contributed by atoms with Crippen LogP contribution in [0.4, 0.5) is 5.82 Å². The summed E-state index contributed by atoms with van der Waals surface area (Å²) in [7, 11) is 0. The topological polar surface area (TPSA) is 93.6 Å². The zero-order valence-corrected chi connectivity index (χ0v) is 18.3. The predicted octanol–water partition coefficient (Wildman–Crippen LogP) is 4.64. The van der Waals surface area contributed by atoms with Crippen LogP contribution in [0.2, 0.25) is 5.02 Å². The number of anilines is 1. The van der Waals surface area contributed by atoms with Crippen LogP contribution in [0.3, 0.4) is 0 Å². The molecule has 3 aromatic rings. The Morgan fingerprint density at radius 1 is 1.19 bits per heavy atom. The number of fused-ring (bicyclic) bond motifs is 1. The maximum absolute atomic E-state index is 11.3. The van der Waals surface area contributed by atoms with E-state index in [1.807, 2.05) is 30.5 Å². The first-order chi connectivity index (χ1) is 15.0. The van der Waals surface area contributed by atoms with E-state index in [0.717, 1.165) is 17.5 Å². The average molecular weight is 458 g/mol. The minimum Gasteiger partial charge on any atom is -0.486 e. The largest absolute Gasteiger partial charge is 0.486 e. The van der Waals surface area contributed by atoms with Crippen molar-refractivity contribution in [2.45, 2.75) is 11.3 Å². The fourth-order valence-electron chi connectivity index (χ4n) is 3.28. The summed E-state index contributed by atoms with van der Waals surface area (Å²) in [5.74, 6) is 1.01. The van der Waals surface area contributed by atoms with Gasteiger partial charge in [-0.15, -0.1) is 11.8 Å². The standard InChI is InChI=1S/C22H20ClN3O4S/c1-31-19-10-14(2-3-15(19)22(27)28)17-11-20(26-12-25-17)24-5-4-13-8-16(23)21-18(9-13)29-6-7-30-21/h2-3,8-12H,4-7H2,1H3,(H,27,28)(H,24,25,26). The quantitative estimate of drug-likeness (QED) is 0.495. The van der Waals surface area contributed by atoms with Crippen molar-refractivity contribution in [1.82, 2.24) is 9.97 Å². The van der Waals surface area contributed by atoms with Crippen molar-refractivity contribution < 1.29 is 19.4 Å². The summed E-state index contributed by atoms with van der Waals surface area (Å²) >= 11 is 7.69. The third kappa shape index (κ3) is 4.86. The van der Waals surface area contributed by atoms with E-state index in [9.17, 15) is 9.90 Å². The summed E-state index contributed by atoms with van der Waals surface area (Å²) in [6.45, 7) is 1.65. The van der Waals surface area contributed by atoms with Crippen LogP contribution >= 0.6 is 23.4 Å². The summed E-state index contributed by atoms with van der Waals surface area (Å²) in [5.41, 5.74) is 2.86. The molecule has 0 atom stereocenters. The molecule has 7 nitrogen and oxygen atoms in total. The second kappa shape index (κ2) is 9.45. The van der Waals surface area contributed by atoms with Gasteiger partial charge in [0.05, 0.1) is 16.3 Å². The molecule has 0 aliphatic carbocycles. The maximum atomic E-state index is 11.3. The second-order valence-corrected chi connectivity index (χ2v) is 8.04. The molecular formula is C22H20ClN3O4S. The van der Waals surface area contributed by atoms with Gasteiger partial charge >= 0.3 is 5.97 Å². The van der Waals surface area contributed by atoms with E-state index in [0.29, 0.717) is 52.7 Å². The molecule has 4 rings (SSSR count). The monoisotopic (exact) mass is 457 g/mol. The Kier molecular flexibility index (Phi) is 6.48. The Morgan fingerprint density at radius 3 is 2.84 bits per heavy atom. The van der Waals surface area contributed by atoms with E-state index in [1.54, 1.807) is 12.1 Å². The Morgan fingerprint density at radius 2 is 2.03 bits per heavy atom. The number of hydrogen-bond acceptors (Lipinski definition) is 7. The number of carbonyl (C=O) groups is 1. The lowest BCUT2D eigenvalue weighted by Crippen LogP contribution is -2.16. The lowest BCUT2D eigenvalue weighted by molar-refractivity contribution is 0.0693. The number of benzene rings is 2. The molecule has 0 bridgehead atoms. The molecule has 1 aliphatic rings. The number of nitrogens with zero attached hydrogens (tertiary/aromatic N) is 2. The van der Waals surface area contributed by atoms with Crippen molar-refractivity contribution in [1.29, 1.82) is 0 Å². The van der Waals surface area contributed by atoms with Crippen molar-refractivity contribution in [3.63, 3.8) is 0 Å². The Balaban J connectivity index is 1.45. The molecule has 0 amide bonds. The van der Waals surface area contributed by atoms with Crippen molar-refractivity contribution in [3.05, 3.63) is 58.9 Å². The molecule has 2 heterocycles. The van der Waals surface area contributed by atoms with E-state index >= 15 is 0 Å². The van der Waals surface area contributed by atoms with Crippen molar-refractivity contribution in [3.8, 4) is 22.8 Å². The van der Waals surface area contributed by atoms with Crippen LogP contribution in [0.15, 0.2) is 47.6 Å². The number of rotatable bonds is 7. The van der Waals surface area contributed by atoms with Crippen molar-refractivity contribution in [2.75, 3.05) is 31.3 Å². The summed E-state index contributed by atoms with van der Waals surface area (Å²) in [6.07, 6.45) is 4.06. The summed E-state index contributed by atoms with van der Waals surface area (Å²) in [5, 5.41) is 13.1. The highest BCUT2D eigenvalue weighted by atomic mass is 35.5. The van der Waals surface area contributed by atoms with E-state index in [2.05, 4.69) is 15.3 Å². The molecule has 0 unspecified atom stereocenters. The van der Waals surface area contributed by atoms with E-state index < -0.39 is 5.97 Å². The molecule has 1 aromatic heterocycles. The number of thioether (sulfide) groups is 1. The van der Waals surface area contributed by atoms with E-state index in [4.69, 9.17) is 21.1 Å². The molecule has 9 heteroatoms. The van der Waals surface area contributed by atoms with Gasteiger partial charge in [-0.3, -0.25) is 0 Å². The molecule has 0 saturated carbocycles. The van der Waals surface area contributed by atoms with Gasteiger partial charge in [-0.1, -0.05) is 17.7 Å². The van der Waals surface area contributed by atoms with Crippen LogP contribution in [-0.2, 0) is 6.42 Å². The Labute approximate surface area is 188 Å². The molecule has 0 saturated heterocycles. The molecule has 31 heavy (non-hydrogen) atoms. The normalized spacial score (nSPS) is 12.5. The first-order valence-corrected chi connectivity index (χ1v) is 11.2. The third-order valence-corrected chi connectivity index (χ3v) is 5.83. The third-order valence-electron chi connectivity index (χ3n) is 4.77. The minimum atomic E-state index is -0.944. The number of hydrogen-bond donors (Lipinski definition) is 2. The fraction of sp³-hybridized carbons (Fsp3) is 0.227. The van der Waals surface area contributed by atoms with Gasteiger partial charge < -0.3 is 19.9 Å². The number of aromatic carboxylic acids is 1. The summed E-state index contributed by atoms with van der Waals surface area (Å²) < 4.78 is 11.2. The van der Waals surface area contributed by atoms with Gasteiger partial charge in [-0.2, -0.15) is 0 Å². The van der Waals surface area contributed by atoms with Gasteiger partial charge in [0.15, 0.2) is 11.5 Å². The maximum Gasteiger partial charge on any atom is 0.336 e. The zero-order chi connectivity index (χ0) is 21.8. The molecular weight excluding hydrogens is 438 g/mol. The van der Waals surface area contributed by atoms with Gasteiger partial charge in [-0.25, -0.2) is 14.8 Å². The molecule has 0 radical (unpaired) electrons. The predicted molar refractivity (Wildman–Crippen MR) is 121 cm³/mol. The number of carboxylic acids is 1. The number of ether oxygens (including phenoxy) is 2. The Bertz CT molecular complexity index is 1130. The first-order valence-electron chi connectivity index (χ1n) is 9.61. The SMILES string of the molecule is CSc1cc(-c2cc(NCCc3cc(Cl)c4c(c3)OCCO4)ncn2)ccc1C(=O)O. The number of nitrogens with one attached hydrogen (secondary N) is 1. The van der Waals surface area contributed by atoms with Gasteiger partial charge in [-0.05, 0) is 42.5 Å². The molecule has 0 spiro atoms. The van der Waals surface area contributed by atoms with Gasteiger partial charge in [0, 0.05) is 23.1 Å². The summed E-state index contributed by atoms with van der Waals surface area (Å²) in [4.78, 5) is 20.6. The van der Waals surface area contributed by atoms with Crippen LogP contribution in [0.1, 0.15) is 15.9 Å². The molecule has 2 N–H and O–H groups in total. The average Bonchev–Trinajstić information content (AvgIpc) is 2.79. The highest BCUT2D eigenvalue weighted by Gasteiger charge is 2.16. The van der Waals surface area contributed by atoms with E-state index in [-0.39, 0.29) is 5.56 Å².